The molecule has 0 heterocycles. The van der Waals surface area contributed by atoms with Crippen LogP contribution in [0.5, 0.6) is 0 Å². The van der Waals surface area contributed by atoms with Crippen LogP contribution < -0.4 is 5.73 Å². The van der Waals surface area contributed by atoms with Crippen molar-refractivity contribution in [2.75, 3.05) is 0 Å². The zero-order valence-corrected chi connectivity index (χ0v) is 11.0. The summed E-state index contributed by atoms with van der Waals surface area (Å²) >= 11 is 0. The minimum Gasteiger partial charge on any atom is -0.324 e. The molecule has 2 aliphatic rings. The Bertz CT molecular complexity index is 590. The monoisotopic (exact) mass is 249 g/mol. The van der Waals surface area contributed by atoms with Gasteiger partial charge in [-0.1, -0.05) is 54.6 Å². The molecule has 1 nitrogen and oxygen atoms in total. The molecule has 1 fully saturated rings. The Morgan fingerprint density at radius 3 is 2.53 bits per heavy atom. The summed E-state index contributed by atoms with van der Waals surface area (Å²) in [6.45, 7) is 0. The summed E-state index contributed by atoms with van der Waals surface area (Å²) in [7, 11) is 0. The molecule has 1 saturated carbocycles. The lowest BCUT2D eigenvalue weighted by atomic mass is 9.92. The third-order valence-electron chi connectivity index (χ3n) is 4.99. The van der Waals surface area contributed by atoms with Gasteiger partial charge in [-0.25, -0.2) is 0 Å². The molecule has 0 aliphatic heterocycles. The predicted molar refractivity (Wildman–Crippen MR) is 77.9 cm³/mol. The van der Waals surface area contributed by atoms with Gasteiger partial charge in [-0.3, -0.25) is 0 Å². The Morgan fingerprint density at radius 1 is 0.947 bits per heavy atom. The molecule has 0 aromatic heterocycles. The number of hydrogen-bond acceptors (Lipinski definition) is 1. The van der Waals surface area contributed by atoms with Gasteiger partial charge in [-0.05, 0) is 47.3 Å². The lowest BCUT2D eigenvalue weighted by Crippen LogP contribution is -2.14. The number of fused-ring (bicyclic) bond motifs is 3. The molecule has 4 atom stereocenters. The van der Waals surface area contributed by atoms with E-state index < -0.39 is 0 Å². The molecular formula is C18H19N. The molecule has 2 aromatic carbocycles. The van der Waals surface area contributed by atoms with Gasteiger partial charge in [-0.2, -0.15) is 0 Å². The average Bonchev–Trinajstić information content (AvgIpc) is 3.22. The Balaban J connectivity index is 1.64. The van der Waals surface area contributed by atoms with Crippen LogP contribution in [0.15, 0.2) is 54.6 Å². The first-order chi connectivity index (χ1) is 9.36. The van der Waals surface area contributed by atoms with Crippen molar-refractivity contribution >= 4 is 0 Å². The van der Waals surface area contributed by atoms with Crippen molar-refractivity contribution in [3.8, 4) is 0 Å². The van der Waals surface area contributed by atoms with Crippen LogP contribution in [0.25, 0.3) is 0 Å². The van der Waals surface area contributed by atoms with E-state index in [-0.39, 0.29) is 6.04 Å². The molecule has 4 unspecified atom stereocenters. The van der Waals surface area contributed by atoms with Crippen molar-refractivity contribution in [2.24, 2.45) is 17.6 Å². The molecule has 19 heavy (non-hydrogen) atoms. The highest BCUT2D eigenvalue weighted by Gasteiger charge is 2.55. The molecule has 2 aliphatic carbocycles. The quantitative estimate of drug-likeness (QED) is 0.863. The number of aryl methyl sites for hydroxylation is 1. The molecule has 0 amide bonds. The van der Waals surface area contributed by atoms with Gasteiger partial charge in [0, 0.05) is 6.04 Å². The lowest BCUT2D eigenvalue weighted by Gasteiger charge is -2.13. The first-order valence-corrected chi connectivity index (χ1v) is 7.24. The highest BCUT2D eigenvalue weighted by molar-refractivity contribution is 5.41. The zero-order chi connectivity index (χ0) is 12.8. The standard InChI is InChI=1S/C18H19N/c19-18(13-7-2-1-3-8-13)17-15-11-10-12-6-4-5-9-14(12)16(15)17/h1-9,15-18H,10-11,19H2. The van der Waals surface area contributed by atoms with Crippen molar-refractivity contribution in [1.29, 1.82) is 0 Å². The van der Waals surface area contributed by atoms with Gasteiger partial charge in [0.05, 0.1) is 0 Å². The fraction of sp³-hybridized carbons (Fsp3) is 0.333. The van der Waals surface area contributed by atoms with Gasteiger partial charge in [-0.15, -0.1) is 0 Å². The second-order valence-corrected chi connectivity index (χ2v) is 5.94. The summed E-state index contributed by atoms with van der Waals surface area (Å²) in [6.07, 6.45) is 2.54. The third kappa shape index (κ3) is 1.73. The number of hydrogen-bond donors (Lipinski definition) is 1. The molecule has 0 radical (unpaired) electrons. The van der Waals surface area contributed by atoms with Crippen LogP contribution in [0.2, 0.25) is 0 Å². The maximum Gasteiger partial charge on any atom is 0.0332 e. The molecule has 4 rings (SSSR count). The van der Waals surface area contributed by atoms with Crippen LogP contribution in [0.1, 0.15) is 35.1 Å². The van der Waals surface area contributed by atoms with E-state index in [0.29, 0.717) is 11.8 Å². The minimum atomic E-state index is 0.197. The molecule has 1 heteroatoms. The van der Waals surface area contributed by atoms with Gasteiger partial charge in [0.1, 0.15) is 0 Å². The summed E-state index contributed by atoms with van der Waals surface area (Å²) in [5.41, 5.74) is 10.9. The summed E-state index contributed by atoms with van der Waals surface area (Å²) in [4.78, 5) is 0. The van der Waals surface area contributed by atoms with Crippen molar-refractivity contribution in [1.82, 2.24) is 0 Å². The molecule has 0 bridgehead atoms. The smallest absolute Gasteiger partial charge is 0.0332 e. The van der Waals surface area contributed by atoms with Gasteiger partial charge < -0.3 is 5.73 Å². The second-order valence-electron chi connectivity index (χ2n) is 5.94. The highest BCUT2D eigenvalue weighted by atomic mass is 14.7. The fourth-order valence-corrected chi connectivity index (χ4v) is 4.01. The Kier molecular flexibility index (Phi) is 2.49. The summed E-state index contributed by atoms with van der Waals surface area (Å²) in [6, 6.07) is 19.7. The Morgan fingerprint density at radius 2 is 1.68 bits per heavy atom. The van der Waals surface area contributed by atoms with Crippen LogP contribution in [0.3, 0.4) is 0 Å². The van der Waals surface area contributed by atoms with E-state index >= 15 is 0 Å². The third-order valence-corrected chi connectivity index (χ3v) is 4.99. The number of nitrogens with two attached hydrogens (primary N) is 1. The molecule has 2 N–H and O–H groups in total. The molecule has 0 saturated heterocycles. The zero-order valence-electron chi connectivity index (χ0n) is 11.0. The molecule has 96 valence electrons. The highest BCUT2D eigenvalue weighted by Crippen LogP contribution is 2.63. The molecular weight excluding hydrogens is 230 g/mol. The van der Waals surface area contributed by atoms with Gasteiger partial charge >= 0.3 is 0 Å². The summed E-state index contributed by atoms with van der Waals surface area (Å²) in [5, 5.41) is 0. The average molecular weight is 249 g/mol. The second kappa shape index (κ2) is 4.21. The van der Waals surface area contributed by atoms with Crippen LogP contribution >= 0.6 is 0 Å². The van der Waals surface area contributed by atoms with E-state index in [2.05, 4.69) is 54.6 Å². The van der Waals surface area contributed by atoms with E-state index in [4.69, 9.17) is 5.73 Å². The summed E-state index contributed by atoms with van der Waals surface area (Å²) in [5.74, 6) is 2.16. The first kappa shape index (κ1) is 11.2. The number of benzene rings is 2. The minimum absolute atomic E-state index is 0.197. The van der Waals surface area contributed by atoms with E-state index in [1.165, 1.54) is 18.4 Å². The topological polar surface area (TPSA) is 26.0 Å². The van der Waals surface area contributed by atoms with Crippen LogP contribution in [0.4, 0.5) is 0 Å². The van der Waals surface area contributed by atoms with Gasteiger partial charge in [0.15, 0.2) is 0 Å². The van der Waals surface area contributed by atoms with E-state index in [0.717, 1.165) is 5.92 Å². The normalized spacial score (nSPS) is 29.2. The van der Waals surface area contributed by atoms with Crippen molar-refractivity contribution < 1.29 is 0 Å². The van der Waals surface area contributed by atoms with Gasteiger partial charge in [0.25, 0.3) is 0 Å². The SMILES string of the molecule is NC(c1ccccc1)C1C2CCc3ccccc3C21. The number of rotatable bonds is 2. The van der Waals surface area contributed by atoms with E-state index in [1.54, 1.807) is 11.1 Å². The Labute approximate surface area is 114 Å². The predicted octanol–water partition coefficient (Wildman–Crippen LogP) is 3.66. The van der Waals surface area contributed by atoms with Crippen molar-refractivity contribution in [2.45, 2.75) is 24.8 Å². The van der Waals surface area contributed by atoms with E-state index in [1.807, 2.05) is 0 Å². The maximum atomic E-state index is 6.52. The fourth-order valence-electron chi connectivity index (χ4n) is 4.01. The van der Waals surface area contributed by atoms with Crippen LogP contribution in [-0.2, 0) is 6.42 Å². The lowest BCUT2D eigenvalue weighted by molar-refractivity contribution is 0.555. The molecule has 0 spiro atoms. The van der Waals surface area contributed by atoms with Gasteiger partial charge in [0.2, 0.25) is 0 Å². The molecule has 2 aromatic rings. The van der Waals surface area contributed by atoms with Crippen LogP contribution in [-0.4, -0.2) is 0 Å². The van der Waals surface area contributed by atoms with E-state index in [9.17, 15) is 0 Å². The van der Waals surface area contributed by atoms with Crippen molar-refractivity contribution in [3.05, 3.63) is 71.3 Å². The largest absolute Gasteiger partial charge is 0.324 e. The van der Waals surface area contributed by atoms with Crippen molar-refractivity contribution in [3.63, 3.8) is 0 Å². The Hall–Kier alpha value is -1.60. The van der Waals surface area contributed by atoms with Crippen LogP contribution in [0, 0.1) is 11.8 Å². The summed E-state index contributed by atoms with van der Waals surface area (Å²) < 4.78 is 0. The first-order valence-electron chi connectivity index (χ1n) is 7.24. The maximum absolute atomic E-state index is 6.52.